The van der Waals surface area contributed by atoms with Gasteiger partial charge in [-0.15, -0.1) is 12.4 Å². The number of nitrogens with zero attached hydrogens (tertiary/aromatic N) is 1. The lowest BCUT2D eigenvalue weighted by molar-refractivity contribution is 0.622. The predicted octanol–water partition coefficient (Wildman–Crippen LogP) is 5.12. The Morgan fingerprint density at radius 2 is 1.70 bits per heavy atom. The average molecular weight is 382 g/mol. The summed E-state index contributed by atoms with van der Waals surface area (Å²) in [7, 11) is 0. The Balaban J connectivity index is 0.00000210. The standard InChI is InChI=1S/C22H20FN3.ClH/c23-20-6-2-3-16(12-20)9-10-24-14-17-4-1-5-18(11-17)19-7-8-21-22(13-19)26-15-25-21;/h1-8,11-13,15,24H,9-10,14H2,(H,25,26);1H. The first-order valence-electron chi connectivity index (χ1n) is 8.75. The summed E-state index contributed by atoms with van der Waals surface area (Å²) in [5.41, 5.74) is 6.62. The van der Waals surface area contributed by atoms with Crippen LogP contribution < -0.4 is 5.32 Å². The van der Waals surface area contributed by atoms with Crippen molar-refractivity contribution in [2.75, 3.05) is 6.54 Å². The van der Waals surface area contributed by atoms with Crippen molar-refractivity contribution < 1.29 is 4.39 Å². The SMILES string of the molecule is Cl.Fc1cccc(CCNCc2cccc(-c3ccc4nc[nH]c4c3)c2)c1. The van der Waals surface area contributed by atoms with Gasteiger partial charge >= 0.3 is 0 Å². The van der Waals surface area contributed by atoms with Crippen molar-refractivity contribution in [1.29, 1.82) is 0 Å². The fourth-order valence-corrected chi connectivity index (χ4v) is 3.13. The van der Waals surface area contributed by atoms with Gasteiger partial charge in [0, 0.05) is 6.54 Å². The third kappa shape index (κ3) is 4.73. The first kappa shape index (κ1) is 19.1. The van der Waals surface area contributed by atoms with E-state index >= 15 is 0 Å². The minimum atomic E-state index is -0.176. The molecule has 138 valence electrons. The number of halogens is 2. The van der Waals surface area contributed by atoms with Gasteiger partial charge in [-0.05, 0) is 65.6 Å². The van der Waals surface area contributed by atoms with E-state index in [1.54, 1.807) is 18.5 Å². The van der Waals surface area contributed by atoms with Crippen LogP contribution in [0.2, 0.25) is 0 Å². The predicted molar refractivity (Wildman–Crippen MR) is 111 cm³/mol. The van der Waals surface area contributed by atoms with Crippen LogP contribution in [0.3, 0.4) is 0 Å². The fraction of sp³-hybridized carbons (Fsp3) is 0.136. The molecule has 0 bridgehead atoms. The molecule has 0 spiro atoms. The van der Waals surface area contributed by atoms with Crippen molar-refractivity contribution in [2.24, 2.45) is 0 Å². The van der Waals surface area contributed by atoms with Crippen molar-refractivity contribution in [1.82, 2.24) is 15.3 Å². The van der Waals surface area contributed by atoms with Crippen LogP contribution in [0.4, 0.5) is 4.39 Å². The lowest BCUT2D eigenvalue weighted by Gasteiger charge is -2.08. The molecule has 2 N–H and O–H groups in total. The Labute approximate surface area is 164 Å². The number of nitrogens with one attached hydrogen (secondary N) is 2. The molecule has 0 aliphatic rings. The molecule has 0 saturated heterocycles. The molecule has 0 aliphatic heterocycles. The number of benzene rings is 3. The molecule has 3 aromatic carbocycles. The van der Waals surface area contributed by atoms with Gasteiger partial charge in [0.25, 0.3) is 0 Å². The molecule has 0 unspecified atom stereocenters. The average Bonchev–Trinajstić information content (AvgIpc) is 3.13. The highest BCUT2D eigenvalue weighted by molar-refractivity contribution is 5.85. The number of H-pyrrole nitrogens is 1. The van der Waals surface area contributed by atoms with Crippen molar-refractivity contribution in [2.45, 2.75) is 13.0 Å². The third-order valence-electron chi connectivity index (χ3n) is 4.49. The van der Waals surface area contributed by atoms with Crippen LogP contribution in [-0.2, 0) is 13.0 Å². The summed E-state index contributed by atoms with van der Waals surface area (Å²) in [6, 6.07) is 21.5. The number of rotatable bonds is 6. The summed E-state index contributed by atoms with van der Waals surface area (Å²) in [5.74, 6) is -0.176. The van der Waals surface area contributed by atoms with Crippen LogP contribution in [0.25, 0.3) is 22.2 Å². The number of hydrogen-bond donors (Lipinski definition) is 2. The smallest absolute Gasteiger partial charge is 0.123 e. The molecule has 0 atom stereocenters. The minimum Gasteiger partial charge on any atom is -0.345 e. The van der Waals surface area contributed by atoms with Gasteiger partial charge < -0.3 is 10.3 Å². The molecule has 1 aromatic heterocycles. The van der Waals surface area contributed by atoms with Gasteiger partial charge in [0.05, 0.1) is 17.4 Å². The van der Waals surface area contributed by atoms with Crippen molar-refractivity contribution in [3.8, 4) is 11.1 Å². The zero-order valence-corrected chi connectivity index (χ0v) is 15.6. The number of aromatic amines is 1. The monoisotopic (exact) mass is 381 g/mol. The molecule has 0 saturated carbocycles. The van der Waals surface area contributed by atoms with Gasteiger partial charge in [-0.2, -0.15) is 0 Å². The van der Waals surface area contributed by atoms with E-state index in [1.165, 1.54) is 22.8 Å². The van der Waals surface area contributed by atoms with E-state index in [2.05, 4.69) is 51.7 Å². The fourth-order valence-electron chi connectivity index (χ4n) is 3.13. The van der Waals surface area contributed by atoms with Gasteiger partial charge in [0.15, 0.2) is 0 Å². The normalized spacial score (nSPS) is 10.7. The van der Waals surface area contributed by atoms with Crippen LogP contribution in [0, 0.1) is 5.82 Å². The zero-order valence-electron chi connectivity index (χ0n) is 14.8. The first-order valence-corrected chi connectivity index (χ1v) is 8.75. The highest BCUT2D eigenvalue weighted by Gasteiger charge is 2.03. The second-order valence-corrected chi connectivity index (χ2v) is 6.39. The highest BCUT2D eigenvalue weighted by Crippen LogP contribution is 2.23. The van der Waals surface area contributed by atoms with Gasteiger partial charge in [0.2, 0.25) is 0 Å². The van der Waals surface area contributed by atoms with Crippen LogP contribution >= 0.6 is 12.4 Å². The third-order valence-corrected chi connectivity index (χ3v) is 4.49. The molecular weight excluding hydrogens is 361 g/mol. The quantitative estimate of drug-likeness (QED) is 0.455. The maximum atomic E-state index is 13.2. The number of imidazole rings is 1. The Kier molecular flexibility index (Phi) is 6.22. The molecule has 0 amide bonds. The molecular formula is C22H21ClFN3. The van der Waals surface area contributed by atoms with E-state index in [4.69, 9.17) is 0 Å². The van der Waals surface area contributed by atoms with Crippen LogP contribution in [0.5, 0.6) is 0 Å². The van der Waals surface area contributed by atoms with Crippen LogP contribution in [0.1, 0.15) is 11.1 Å². The van der Waals surface area contributed by atoms with E-state index < -0.39 is 0 Å². The molecule has 0 fully saturated rings. The summed E-state index contributed by atoms with van der Waals surface area (Å²) in [5, 5.41) is 3.44. The summed E-state index contributed by atoms with van der Waals surface area (Å²) in [4.78, 5) is 7.42. The van der Waals surface area contributed by atoms with E-state index in [0.717, 1.165) is 36.1 Å². The van der Waals surface area contributed by atoms with E-state index in [-0.39, 0.29) is 18.2 Å². The largest absolute Gasteiger partial charge is 0.345 e. The molecule has 4 rings (SSSR count). The molecule has 1 heterocycles. The molecule has 0 radical (unpaired) electrons. The molecule has 5 heteroatoms. The number of fused-ring (bicyclic) bond motifs is 1. The summed E-state index contributed by atoms with van der Waals surface area (Å²) in [6.45, 7) is 1.60. The maximum absolute atomic E-state index is 13.2. The number of aromatic nitrogens is 2. The first-order chi connectivity index (χ1) is 12.8. The summed E-state index contributed by atoms with van der Waals surface area (Å²) >= 11 is 0. The van der Waals surface area contributed by atoms with Gasteiger partial charge in [0.1, 0.15) is 5.82 Å². The topological polar surface area (TPSA) is 40.7 Å². The zero-order chi connectivity index (χ0) is 17.8. The van der Waals surface area contributed by atoms with Crippen LogP contribution in [-0.4, -0.2) is 16.5 Å². The van der Waals surface area contributed by atoms with E-state index in [9.17, 15) is 4.39 Å². The molecule has 0 aliphatic carbocycles. The van der Waals surface area contributed by atoms with E-state index in [0.29, 0.717) is 0 Å². The lowest BCUT2D eigenvalue weighted by atomic mass is 10.0. The van der Waals surface area contributed by atoms with Crippen molar-refractivity contribution in [3.05, 3.63) is 90.0 Å². The number of hydrogen-bond acceptors (Lipinski definition) is 2. The highest BCUT2D eigenvalue weighted by atomic mass is 35.5. The minimum absolute atomic E-state index is 0. The second-order valence-electron chi connectivity index (χ2n) is 6.39. The van der Waals surface area contributed by atoms with E-state index in [1.807, 2.05) is 12.1 Å². The van der Waals surface area contributed by atoms with Crippen molar-refractivity contribution >= 4 is 23.4 Å². The van der Waals surface area contributed by atoms with Crippen molar-refractivity contribution in [3.63, 3.8) is 0 Å². The molecule has 27 heavy (non-hydrogen) atoms. The maximum Gasteiger partial charge on any atom is 0.123 e. The Morgan fingerprint density at radius 1 is 0.889 bits per heavy atom. The summed E-state index contributed by atoms with van der Waals surface area (Å²) in [6.07, 6.45) is 2.53. The molecule has 4 aromatic rings. The Morgan fingerprint density at radius 3 is 2.59 bits per heavy atom. The Hall–Kier alpha value is -2.69. The van der Waals surface area contributed by atoms with Crippen LogP contribution in [0.15, 0.2) is 73.1 Å². The summed E-state index contributed by atoms with van der Waals surface area (Å²) < 4.78 is 13.2. The lowest BCUT2D eigenvalue weighted by Crippen LogP contribution is -2.16. The van der Waals surface area contributed by atoms with Gasteiger partial charge in [-0.3, -0.25) is 0 Å². The second kappa shape index (κ2) is 8.80. The molecule has 3 nitrogen and oxygen atoms in total. The van der Waals surface area contributed by atoms with Gasteiger partial charge in [-0.25, -0.2) is 9.37 Å². The Bertz CT molecular complexity index is 1030. The van der Waals surface area contributed by atoms with Gasteiger partial charge in [-0.1, -0.05) is 36.4 Å².